The molecule has 0 aliphatic heterocycles. The molecule has 0 unspecified atom stereocenters. The quantitative estimate of drug-likeness (QED) is 0.395. The summed E-state index contributed by atoms with van der Waals surface area (Å²) in [7, 11) is 0. The smallest absolute Gasteiger partial charge is 0.145 e. The van der Waals surface area contributed by atoms with Crippen LogP contribution in [0, 0.1) is 0 Å². The second-order valence-corrected chi connectivity index (χ2v) is 5.21. The topological polar surface area (TPSA) is 30.2 Å². The minimum absolute atomic E-state index is 0.976. The van der Waals surface area contributed by atoms with Gasteiger partial charge in [-0.2, -0.15) is 0 Å². The van der Waals surface area contributed by atoms with Gasteiger partial charge in [-0.05, 0) is 18.2 Å². The van der Waals surface area contributed by atoms with Gasteiger partial charge in [-0.15, -0.1) is 0 Å². The van der Waals surface area contributed by atoms with Gasteiger partial charge in [-0.3, -0.25) is 9.38 Å². The molecular weight excluding hydrogens is 258 g/mol. The molecule has 0 radical (unpaired) electrons. The fourth-order valence-electron chi connectivity index (χ4n) is 3.18. The molecule has 0 atom stereocenters. The Labute approximate surface area is 120 Å². The third-order valence-corrected chi connectivity index (χ3v) is 4.06. The van der Waals surface area contributed by atoms with Crippen LogP contribution in [0.2, 0.25) is 0 Å². The minimum atomic E-state index is 0.976. The van der Waals surface area contributed by atoms with Gasteiger partial charge in [0.25, 0.3) is 0 Å². The number of nitrogens with zero attached hydrogens (tertiary/aromatic N) is 3. The Bertz CT molecular complexity index is 1140. The van der Waals surface area contributed by atoms with Crippen molar-refractivity contribution in [2.75, 3.05) is 0 Å². The predicted molar refractivity (Wildman–Crippen MR) is 85.5 cm³/mol. The van der Waals surface area contributed by atoms with Gasteiger partial charge in [0.05, 0.1) is 11.0 Å². The highest BCUT2D eigenvalue weighted by Gasteiger charge is 2.12. The maximum Gasteiger partial charge on any atom is 0.145 e. The zero-order chi connectivity index (χ0) is 13.8. The number of pyridine rings is 3. The molecule has 0 aliphatic rings. The van der Waals surface area contributed by atoms with E-state index in [4.69, 9.17) is 0 Å². The largest absolute Gasteiger partial charge is 0.298 e. The number of fused-ring (bicyclic) bond motifs is 8. The molecule has 4 aromatic heterocycles. The zero-order valence-electron chi connectivity index (χ0n) is 11.2. The summed E-state index contributed by atoms with van der Waals surface area (Å²) in [4.78, 5) is 9.22. The zero-order valence-corrected chi connectivity index (χ0v) is 11.2. The maximum absolute atomic E-state index is 4.63. The first-order valence-corrected chi connectivity index (χ1v) is 6.95. The summed E-state index contributed by atoms with van der Waals surface area (Å²) in [5, 5.41) is 4.71. The maximum atomic E-state index is 4.63. The monoisotopic (exact) mass is 269 g/mol. The van der Waals surface area contributed by atoms with Gasteiger partial charge in [0.2, 0.25) is 0 Å². The summed E-state index contributed by atoms with van der Waals surface area (Å²) in [5.41, 5.74) is 3.14. The van der Waals surface area contributed by atoms with E-state index in [2.05, 4.69) is 57.0 Å². The average Bonchev–Trinajstić information content (AvgIpc) is 2.95. The summed E-state index contributed by atoms with van der Waals surface area (Å²) in [6.45, 7) is 0. The molecule has 4 heterocycles. The fourth-order valence-corrected chi connectivity index (χ4v) is 3.18. The summed E-state index contributed by atoms with van der Waals surface area (Å²) in [5.74, 6) is 0. The Morgan fingerprint density at radius 1 is 0.714 bits per heavy atom. The molecule has 0 bridgehead atoms. The van der Waals surface area contributed by atoms with E-state index >= 15 is 0 Å². The van der Waals surface area contributed by atoms with Gasteiger partial charge in [-0.25, -0.2) is 4.98 Å². The molecule has 5 aromatic rings. The Morgan fingerprint density at radius 3 is 2.43 bits per heavy atom. The minimum Gasteiger partial charge on any atom is -0.298 e. The van der Waals surface area contributed by atoms with Crippen LogP contribution in [0.25, 0.3) is 38.2 Å². The van der Waals surface area contributed by atoms with Crippen LogP contribution >= 0.6 is 0 Å². The lowest BCUT2D eigenvalue weighted by atomic mass is 10.1. The van der Waals surface area contributed by atoms with E-state index in [0.29, 0.717) is 0 Å². The molecule has 0 fully saturated rings. The van der Waals surface area contributed by atoms with Crippen LogP contribution < -0.4 is 0 Å². The number of rotatable bonds is 0. The highest BCUT2D eigenvalue weighted by Crippen LogP contribution is 2.32. The van der Waals surface area contributed by atoms with E-state index in [0.717, 1.165) is 27.5 Å². The highest BCUT2D eigenvalue weighted by atomic mass is 15.0. The highest BCUT2D eigenvalue weighted by molar-refractivity contribution is 6.17. The van der Waals surface area contributed by atoms with Gasteiger partial charge >= 0.3 is 0 Å². The lowest BCUT2D eigenvalue weighted by Gasteiger charge is -2.07. The molecule has 21 heavy (non-hydrogen) atoms. The van der Waals surface area contributed by atoms with Crippen LogP contribution in [0.1, 0.15) is 0 Å². The summed E-state index contributed by atoms with van der Waals surface area (Å²) >= 11 is 0. The number of benzene rings is 1. The van der Waals surface area contributed by atoms with Gasteiger partial charge in [-0.1, -0.05) is 30.3 Å². The van der Waals surface area contributed by atoms with Crippen molar-refractivity contribution >= 4 is 38.2 Å². The molecule has 1 aromatic carbocycles. The first-order valence-electron chi connectivity index (χ1n) is 6.95. The molecule has 0 aliphatic carbocycles. The molecular formula is C18H11N3. The summed E-state index contributed by atoms with van der Waals surface area (Å²) in [6, 6.07) is 16.6. The van der Waals surface area contributed by atoms with Crippen molar-refractivity contribution in [1.82, 2.24) is 14.4 Å². The van der Waals surface area contributed by atoms with Gasteiger partial charge in [0, 0.05) is 40.1 Å². The van der Waals surface area contributed by atoms with E-state index in [1.165, 1.54) is 10.8 Å². The first kappa shape index (κ1) is 10.8. The second kappa shape index (κ2) is 3.79. The average molecular weight is 269 g/mol. The van der Waals surface area contributed by atoms with Crippen molar-refractivity contribution in [3.63, 3.8) is 0 Å². The third-order valence-electron chi connectivity index (χ3n) is 4.06. The lowest BCUT2D eigenvalue weighted by Crippen LogP contribution is -1.93. The standard InChI is InChI=1S/C18H11N3/c1-2-6-13-12(5-1)11-21-17(13)16-14(7-3-9-19-16)15-8-4-10-20-18(15)21/h1-11H. The normalized spacial score (nSPS) is 11.8. The SMILES string of the molecule is c1ccc2c(c1)cn1c3ncccc3c3cccnc3c21. The van der Waals surface area contributed by atoms with E-state index in [9.17, 15) is 0 Å². The second-order valence-electron chi connectivity index (χ2n) is 5.21. The van der Waals surface area contributed by atoms with Gasteiger partial charge in [0.1, 0.15) is 5.65 Å². The van der Waals surface area contributed by atoms with Gasteiger partial charge in [0.15, 0.2) is 0 Å². The van der Waals surface area contributed by atoms with E-state index in [1.54, 1.807) is 0 Å². The van der Waals surface area contributed by atoms with Crippen LogP contribution in [-0.4, -0.2) is 14.4 Å². The van der Waals surface area contributed by atoms with Crippen LogP contribution in [-0.2, 0) is 0 Å². The van der Waals surface area contributed by atoms with Crippen molar-refractivity contribution in [2.24, 2.45) is 0 Å². The lowest BCUT2D eigenvalue weighted by molar-refractivity contribution is 1.21. The molecule has 98 valence electrons. The predicted octanol–water partition coefficient (Wildman–Crippen LogP) is 4.19. The summed E-state index contributed by atoms with van der Waals surface area (Å²) in [6.07, 6.45) is 5.84. The van der Waals surface area contributed by atoms with Crippen molar-refractivity contribution in [3.05, 3.63) is 67.1 Å². The van der Waals surface area contributed by atoms with E-state index < -0.39 is 0 Å². The molecule has 0 spiro atoms. The van der Waals surface area contributed by atoms with Crippen LogP contribution in [0.3, 0.4) is 0 Å². The van der Waals surface area contributed by atoms with E-state index in [-0.39, 0.29) is 0 Å². The Morgan fingerprint density at radius 2 is 1.48 bits per heavy atom. The first-order chi connectivity index (χ1) is 10.4. The van der Waals surface area contributed by atoms with Crippen molar-refractivity contribution in [3.8, 4) is 0 Å². The summed E-state index contributed by atoms with van der Waals surface area (Å²) < 4.78 is 2.16. The Hall–Kier alpha value is -2.94. The molecule has 3 nitrogen and oxygen atoms in total. The number of hydrogen-bond acceptors (Lipinski definition) is 2. The molecule has 0 saturated heterocycles. The van der Waals surface area contributed by atoms with Crippen LogP contribution in [0.15, 0.2) is 67.1 Å². The van der Waals surface area contributed by atoms with Crippen molar-refractivity contribution in [2.45, 2.75) is 0 Å². The molecule has 3 heteroatoms. The Kier molecular flexibility index (Phi) is 1.95. The number of hydrogen-bond donors (Lipinski definition) is 0. The molecule has 0 saturated carbocycles. The molecule has 5 rings (SSSR count). The van der Waals surface area contributed by atoms with E-state index in [1.807, 2.05) is 24.5 Å². The fraction of sp³-hybridized carbons (Fsp3) is 0. The third kappa shape index (κ3) is 1.32. The van der Waals surface area contributed by atoms with Crippen molar-refractivity contribution in [1.29, 1.82) is 0 Å². The van der Waals surface area contributed by atoms with Crippen LogP contribution in [0.4, 0.5) is 0 Å². The molecule has 0 N–H and O–H groups in total. The van der Waals surface area contributed by atoms with Gasteiger partial charge < -0.3 is 0 Å². The molecule has 0 amide bonds. The van der Waals surface area contributed by atoms with Crippen molar-refractivity contribution < 1.29 is 0 Å². The number of aromatic nitrogens is 3. The van der Waals surface area contributed by atoms with Crippen LogP contribution in [0.5, 0.6) is 0 Å². The Balaban J connectivity index is 2.25.